The van der Waals surface area contributed by atoms with Gasteiger partial charge in [-0.3, -0.25) is 9.59 Å². The van der Waals surface area contributed by atoms with E-state index >= 15 is 0 Å². The fourth-order valence-electron chi connectivity index (χ4n) is 2.47. The van der Waals surface area contributed by atoms with E-state index in [1.165, 1.54) is 0 Å². The molecule has 3 rings (SSSR count). The molecule has 0 saturated heterocycles. The van der Waals surface area contributed by atoms with Crippen LogP contribution in [-0.2, 0) is 27.7 Å². The molecule has 15 heteroatoms. The number of nitrogens with one attached hydrogen (secondary N) is 1. The van der Waals surface area contributed by atoms with E-state index in [0.717, 1.165) is 46.9 Å². The Morgan fingerprint density at radius 2 is 1.81 bits per heavy atom. The van der Waals surface area contributed by atoms with Crippen LogP contribution in [0.5, 0.6) is 0 Å². The Kier molecular flexibility index (Phi) is 6.64. The van der Waals surface area contributed by atoms with Crippen LogP contribution in [-0.4, -0.2) is 40.8 Å². The summed E-state index contributed by atoms with van der Waals surface area (Å²) in [7, 11) is -5.46. The second-order valence-electron chi connectivity index (χ2n) is 6.17. The predicted octanol–water partition coefficient (Wildman–Crippen LogP) is 2.33. The molecule has 2 amide bonds. The molecule has 2 heterocycles. The number of carbonyl (C=O) groups is 2. The summed E-state index contributed by atoms with van der Waals surface area (Å²) in [4.78, 5) is 31.2. The number of carbonyl (C=O) groups excluding carboxylic acids is 2. The molecular formula is C17H13F3N4O5S3. The summed E-state index contributed by atoms with van der Waals surface area (Å²) in [6.07, 6.45) is -0.241. The first-order valence-electron chi connectivity index (χ1n) is 8.48. The summed E-state index contributed by atoms with van der Waals surface area (Å²) in [6, 6.07) is 3.79. The molecule has 170 valence electrons. The number of aromatic nitrogens is 2. The average Bonchev–Trinajstić information content (AvgIpc) is 3.34. The number of primary amides is 1. The normalized spacial score (nSPS) is 12.0. The number of sulfone groups is 1. The minimum Gasteiger partial charge on any atom is -0.390 e. The number of nitrogens with zero attached hydrogens (tertiary/aromatic N) is 2. The van der Waals surface area contributed by atoms with Gasteiger partial charge in [-0.2, -0.15) is 13.2 Å². The Labute approximate surface area is 186 Å². The lowest BCUT2D eigenvalue weighted by molar-refractivity contribution is -0.115. The average molecular weight is 507 g/mol. The van der Waals surface area contributed by atoms with Gasteiger partial charge in [0.15, 0.2) is 10.1 Å². The van der Waals surface area contributed by atoms with Gasteiger partial charge in [0.25, 0.3) is 15.7 Å². The zero-order valence-electron chi connectivity index (χ0n) is 15.7. The summed E-state index contributed by atoms with van der Waals surface area (Å²) in [6.45, 7) is -0.446. The monoisotopic (exact) mass is 506 g/mol. The maximum absolute atomic E-state index is 12.6. The molecule has 0 atom stereocenters. The van der Waals surface area contributed by atoms with Crippen LogP contribution in [0.3, 0.4) is 0 Å². The van der Waals surface area contributed by atoms with Crippen LogP contribution >= 0.6 is 22.7 Å². The SMILES string of the molecule is NC(=O)c1nc(CO)c(-c2csc(NC(=O)Cc3ccc(S(=O)(=O)C(F)(F)F)cc3)n2)s1. The highest BCUT2D eigenvalue weighted by atomic mass is 32.2. The summed E-state index contributed by atoms with van der Waals surface area (Å²) in [5.74, 6) is -1.30. The Balaban J connectivity index is 1.69. The maximum Gasteiger partial charge on any atom is 0.501 e. The van der Waals surface area contributed by atoms with Crippen molar-refractivity contribution in [2.24, 2.45) is 5.73 Å². The highest BCUT2D eigenvalue weighted by Crippen LogP contribution is 2.33. The smallest absolute Gasteiger partial charge is 0.390 e. The summed E-state index contributed by atoms with van der Waals surface area (Å²) in [5.41, 5.74) is 0.635. The summed E-state index contributed by atoms with van der Waals surface area (Å²) in [5, 5.41) is 13.7. The fraction of sp³-hybridized carbons (Fsp3) is 0.176. The van der Waals surface area contributed by atoms with Gasteiger partial charge in [-0.05, 0) is 17.7 Å². The molecule has 0 unspecified atom stereocenters. The first-order valence-corrected chi connectivity index (χ1v) is 11.7. The van der Waals surface area contributed by atoms with Crippen molar-refractivity contribution in [2.75, 3.05) is 5.32 Å². The number of hydrogen-bond acceptors (Lipinski definition) is 9. The van der Waals surface area contributed by atoms with Gasteiger partial charge in [0.05, 0.1) is 34.2 Å². The molecule has 0 aliphatic carbocycles. The van der Waals surface area contributed by atoms with E-state index in [2.05, 4.69) is 15.3 Å². The molecule has 3 aromatic rings. The minimum atomic E-state index is -5.46. The highest BCUT2D eigenvalue weighted by molar-refractivity contribution is 7.92. The summed E-state index contributed by atoms with van der Waals surface area (Å²) >= 11 is 2.00. The molecule has 0 radical (unpaired) electrons. The third-order valence-corrected chi connectivity index (χ3v) is 7.34. The second kappa shape index (κ2) is 8.93. The van der Waals surface area contributed by atoms with E-state index < -0.39 is 38.7 Å². The third-order valence-electron chi connectivity index (χ3n) is 3.94. The highest BCUT2D eigenvalue weighted by Gasteiger charge is 2.46. The second-order valence-corrected chi connectivity index (χ2v) is 9.97. The molecule has 0 aliphatic rings. The molecule has 9 nitrogen and oxygen atoms in total. The van der Waals surface area contributed by atoms with Crippen LogP contribution in [0.25, 0.3) is 10.6 Å². The van der Waals surface area contributed by atoms with E-state index in [-0.39, 0.29) is 27.8 Å². The van der Waals surface area contributed by atoms with Crippen LogP contribution in [0.15, 0.2) is 34.5 Å². The standard InChI is InChI=1S/C17H13F3N4O5S3/c18-17(19,20)32(28,29)9-3-1-8(2-4-9)5-12(26)24-16-23-11(7-30-16)13-10(6-25)22-15(31-13)14(21)27/h1-4,7,25H,5-6H2,(H2,21,27)(H,23,24,26). The van der Waals surface area contributed by atoms with Gasteiger partial charge in [-0.25, -0.2) is 18.4 Å². The Hall–Kier alpha value is -2.88. The van der Waals surface area contributed by atoms with Crippen molar-refractivity contribution in [1.29, 1.82) is 0 Å². The molecule has 0 fully saturated rings. The quantitative estimate of drug-likeness (QED) is 0.445. The lowest BCUT2D eigenvalue weighted by atomic mass is 10.1. The number of aliphatic hydroxyl groups is 1. The number of hydrogen-bond donors (Lipinski definition) is 3. The van der Waals surface area contributed by atoms with E-state index in [4.69, 9.17) is 5.73 Å². The largest absolute Gasteiger partial charge is 0.501 e. The first-order chi connectivity index (χ1) is 14.9. The molecule has 0 saturated carbocycles. The Morgan fingerprint density at radius 1 is 1.16 bits per heavy atom. The van der Waals surface area contributed by atoms with Crippen LogP contribution in [0, 0.1) is 0 Å². The third kappa shape index (κ3) is 4.95. The van der Waals surface area contributed by atoms with E-state index in [0.29, 0.717) is 10.6 Å². The van der Waals surface area contributed by atoms with Crippen molar-refractivity contribution < 1.29 is 36.3 Å². The number of alkyl halides is 3. The van der Waals surface area contributed by atoms with Crippen molar-refractivity contribution in [3.8, 4) is 10.6 Å². The van der Waals surface area contributed by atoms with E-state index in [1.807, 2.05) is 0 Å². The lowest BCUT2D eigenvalue weighted by Gasteiger charge is -2.08. The maximum atomic E-state index is 12.6. The zero-order chi connectivity index (χ0) is 23.7. The van der Waals surface area contributed by atoms with Gasteiger partial charge >= 0.3 is 5.51 Å². The zero-order valence-corrected chi connectivity index (χ0v) is 18.2. The molecule has 0 bridgehead atoms. The number of amides is 2. The van der Waals surface area contributed by atoms with E-state index in [1.54, 1.807) is 5.38 Å². The number of benzene rings is 1. The molecule has 1 aromatic carbocycles. The van der Waals surface area contributed by atoms with Crippen LogP contribution in [0.1, 0.15) is 21.1 Å². The van der Waals surface area contributed by atoms with Crippen LogP contribution in [0.2, 0.25) is 0 Å². The van der Waals surface area contributed by atoms with Crippen molar-refractivity contribution >= 4 is 49.5 Å². The van der Waals surface area contributed by atoms with Gasteiger partial charge in [0, 0.05) is 5.38 Å². The number of aliphatic hydroxyl groups excluding tert-OH is 1. The number of rotatable bonds is 7. The molecule has 32 heavy (non-hydrogen) atoms. The minimum absolute atomic E-state index is 0.00128. The van der Waals surface area contributed by atoms with Gasteiger partial charge in [-0.1, -0.05) is 12.1 Å². The Morgan fingerprint density at radius 3 is 2.38 bits per heavy atom. The van der Waals surface area contributed by atoms with Gasteiger partial charge in [0.2, 0.25) is 5.91 Å². The number of halogens is 3. The molecule has 4 N–H and O–H groups in total. The molecule has 0 spiro atoms. The van der Waals surface area contributed by atoms with Crippen molar-refractivity contribution in [1.82, 2.24) is 9.97 Å². The fourth-order valence-corrected chi connectivity index (χ4v) is 4.91. The van der Waals surface area contributed by atoms with Crippen molar-refractivity contribution in [3.63, 3.8) is 0 Å². The molecule has 0 aliphatic heterocycles. The number of nitrogens with two attached hydrogens (primary N) is 1. The molecule has 2 aromatic heterocycles. The van der Waals surface area contributed by atoms with Crippen molar-refractivity contribution in [3.05, 3.63) is 45.9 Å². The topological polar surface area (TPSA) is 152 Å². The van der Waals surface area contributed by atoms with Crippen LogP contribution in [0.4, 0.5) is 18.3 Å². The summed E-state index contributed by atoms with van der Waals surface area (Å²) < 4.78 is 60.5. The first kappa shape index (κ1) is 23.8. The number of anilines is 1. The Bertz CT molecular complexity index is 1270. The molecular weight excluding hydrogens is 493 g/mol. The van der Waals surface area contributed by atoms with Gasteiger partial charge < -0.3 is 16.2 Å². The van der Waals surface area contributed by atoms with Crippen molar-refractivity contribution in [2.45, 2.75) is 23.4 Å². The number of thiazole rings is 2. The van der Waals surface area contributed by atoms with E-state index in [9.17, 15) is 36.3 Å². The van der Waals surface area contributed by atoms with Gasteiger partial charge in [0.1, 0.15) is 0 Å². The van der Waals surface area contributed by atoms with Gasteiger partial charge in [-0.15, -0.1) is 22.7 Å². The van der Waals surface area contributed by atoms with Crippen LogP contribution < -0.4 is 11.1 Å². The predicted molar refractivity (Wildman–Crippen MR) is 110 cm³/mol. The lowest BCUT2D eigenvalue weighted by Crippen LogP contribution is -2.23.